The Kier molecular flexibility index (Phi) is 3.55. The summed E-state index contributed by atoms with van der Waals surface area (Å²) in [6.07, 6.45) is 0.110. The smallest absolute Gasteiger partial charge is 0.122 e. The quantitative estimate of drug-likeness (QED) is 0.778. The summed E-state index contributed by atoms with van der Waals surface area (Å²) in [5.74, 6) is 0.833. The summed E-state index contributed by atoms with van der Waals surface area (Å²) in [6.45, 7) is 0. The van der Waals surface area contributed by atoms with E-state index in [-0.39, 0.29) is 0 Å². The fourth-order valence-corrected chi connectivity index (χ4v) is 4.23. The van der Waals surface area contributed by atoms with E-state index in [1.807, 2.05) is 24.3 Å². The predicted octanol–water partition coefficient (Wildman–Crippen LogP) is 4.25. The van der Waals surface area contributed by atoms with Gasteiger partial charge in [-0.25, -0.2) is 0 Å². The topological polar surface area (TPSA) is 29.5 Å². The first-order valence-electron chi connectivity index (χ1n) is 6.05. The summed E-state index contributed by atoms with van der Waals surface area (Å²) in [4.78, 5) is 1.02. The van der Waals surface area contributed by atoms with Crippen molar-refractivity contribution in [3.63, 3.8) is 0 Å². The Morgan fingerprint density at radius 1 is 1.21 bits per heavy atom. The van der Waals surface area contributed by atoms with E-state index in [0.29, 0.717) is 6.42 Å². The van der Waals surface area contributed by atoms with Crippen LogP contribution < -0.4 is 4.74 Å². The molecular formula is C15H14O2S2. The van der Waals surface area contributed by atoms with Gasteiger partial charge in [0.05, 0.1) is 13.2 Å². The van der Waals surface area contributed by atoms with Gasteiger partial charge in [0.25, 0.3) is 0 Å². The number of fused-ring (bicyclic) bond motifs is 1. The minimum atomic E-state index is -0.471. The molecule has 3 aromatic rings. The average Bonchev–Trinajstić information content (AvgIpc) is 3.00. The van der Waals surface area contributed by atoms with Crippen LogP contribution in [0, 0.1) is 0 Å². The number of ether oxygens (including phenoxy) is 1. The van der Waals surface area contributed by atoms with Gasteiger partial charge in [-0.05, 0) is 29.1 Å². The highest BCUT2D eigenvalue weighted by atomic mass is 32.1. The van der Waals surface area contributed by atoms with Crippen molar-refractivity contribution in [3.8, 4) is 5.75 Å². The number of para-hydroxylation sites is 1. The van der Waals surface area contributed by atoms with Crippen LogP contribution in [-0.2, 0) is 6.42 Å². The monoisotopic (exact) mass is 290 g/mol. The zero-order chi connectivity index (χ0) is 13.2. The normalized spacial score (nSPS) is 12.7. The van der Waals surface area contributed by atoms with E-state index in [0.717, 1.165) is 16.2 Å². The molecule has 0 radical (unpaired) electrons. The van der Waals surface area contributed by atoms with Gasteiger partial charge in [-0.15, -0.1) is 22.7 Å². The van der Waals surface area contributed by atoms with Crippen LogP contribution in [0.3, 0.4) is 0 Å². The van der Waals surface area contributed by atoms with Crippen molar-refractivity contribution in [2.24, 2.45) is 0 Å². The molecular weight excluding hydrogens is 276 g/mol. The molecule has 0 aliphatic carbocycles. The molecule has 0 bridgehead atoms. The van der Waals surface area contributed by atoms with Gasteiger partial charge >= 0.3 is 0 Å². The molecule has 4 heteroatoms. The molecule has 0 spiro atoms. The fraction of sp³-hybridized carbons (Fsp3) is 0.200. The van der Waals surface area contributed by atoms with E-state index in [4.69, 9.17) is 4.74 Å². The fourth-order valence-electron chi connectivity index (χ4n) is 2.13. The van der Waals surface area contributed by atoms with Gasteiger partial charge in [0, 0.05) is 20.7 Å². The van der Waals surface area contributed by atoms with Crippen LogP contribution in [0.4, 0.5) is 0 Å². The Labute approximate surface area is 119 Å². The van der Waals surface area contributed by atoms with E-state index in [2.05, 4.69) is 17.5 Å². The molecule has 0 saturated carbocycles. The SMILES string of the molecule is COc1ccccc1CC(O)c1cc2sccc2s1. The summed E-state index contributed by atoms with van der Waals surface area (Å²) in [7, 11) is 1.66. The van der Waals surface area contributed by atoms with Crippen LogP contribution in [0.25, 0.3) is 9.40 Å². The number of hydrogen-bond donors (Lipinski definition) is 1. The molecule has 2 aromatic heterocycles. The van der Waals surface area contributed by atoms with Crippen LogP contribution in [0.5, 0.6) is 5.75 Å². The zero-order valence-electron chi connectivity index (χ0n) is 10.5. The molecule has 0 aliphatic heterocycles. The highest BCUT2D eigenvalue weighted by molar-refractivity contribution is 7.26. The number of benzene rings is 1. The Morgan fingerprint density at radius 3 is 2.84 bits per heavy atom. The van der Waals surface area contributed by atoms with Crippen molar-refractivity contribution >= 4 is 32.1 Å². The van der Waals surface area contributed by atoms with Gasteiger partial charge in [0.15, 0.2) is 0 Å². The van der Waals surface area contributed by atoms with Gasteiger partial charge in [0.1, 0.15) is 5.75 Å². The standard InChI is InChI=1S/C15H14O2S2/c1-17-12-5-3-2-4-10(12)8-11(16)14-9-15-13(19-14)6-7-18-15/h2-7,9,11,16H,8H2,1H3. The highest BCUT2D eigenvalue weighted by Crippen LogP contribution is 2.35. The minimum Gasteiger partial charge on any atom is -0.496 e. The Morgan fingerprint density at radius 2 is 2.05 bits per heavy atom. The summed E-state index contributed by atoms with van der Waals surface area (Å²) in [5.41, 5.74) is 1.04. The number of methoxy groups -OCH3 is 1. The summed E-state index contributed by atoms with van der Waals surface area (Å²) in [6, 6.07) is 12.0. The van der Waals surface area contributed by atoms with Gasteiger partial charge in [-0.2, -0.15) is 0 Å². The van der Waals surface area contributed by atoms with Crippen LogP contribution in [0.2, 0.25) is 0 Å². The third-order valence-electron chi connectivity index (χ3n) is 3.09. The molecule has 0 saturated heterocycles. The number of aliphatic hydroxyl groups excluding tert-OH is 1. The highest BCUT2D eigenvalue weighted by Gasteiger charge is 2.14. The zero-order valence-corrected chi connectivity index (χ0v) is 12.1. The average molecular weight is 290 g/mol. The third kappa shape index (κ3) is 2.52. The van der Waals surface area contributed by atoms with E-state index in [1.165, 1.54) is 9.40 Å². The van der Waals surface area contributed by atoms with Gasteiger partial charge in [-0.1, -0.05) is 18.2 Å². The Balaban J connectivity index is 1.84. The van der Waals surface area contributed by atoms with Crippen LogP contribution in [-0.4, -0.2) is 12.2 Å². The predicted molar refractivity (Wildman–Crippen MR) is 81.4 cm³/mol. The third-order valence-corrected chi connectivity index (χ3v) is 5.29. The van der Waals surface area contributed by atoms with Gasteiger partial charge in [0.2, 0.25) is 0 Å². The van der Waals surface area contributed by atoms with Crippen molar-refractivity contribution < 1.29 is 9.84 Å². The van der Waals surface area contributed by atoms with Gasteiger partial charge in [-0.3, -0.25) is 0 Å². The molecule has 1 atom stereocenters. The molecule has 98 valence electrons. The molecule has 0 amide bonds. The number of thiophene rings is 2. The van der Waals surface area contributed by atoms with Crippen molar-refractivity contribution in [1.82, 2.24) is 0 Å². The molecule has 2 heterocycles. The van der Waals surface area contributed by atoms with E-state index in [1.54, 1.807) is 29.8 Å². The Hall–Kier alpha value is -1.36. The lowest BCUT2D eigenvalue weighted by atomic mass is 10.1. The van der Waals surface area contributed by atoms with Crippen LogP contribution in [0.15, 0.2) is 41.8 Å². The van der Waals surface area contributed by atoms with Crippen molar-refractivity contribution in [3.05, 3.63) is 52.2 Å². The second-order valence-electron chi connectivity index (χ2n) is 4.33. The second-order valence-corrected chi connectivity index (χ2v) is 6.39. The molecule has 0 aliphatic rings. The second kappa shape index (κ2) is 5.33. The largest absolute Gasteiger partial charge is 0.496 e. The summed E-state index contributed by atoms with van der Waals surface area (Å²) in [5, 5.41) is 12.5. The maximum absolute atomic E-state index is 10.4. The lowest BCUT2D eigenvalue weighted by molar-refractivity contribution is 0.181. The van der Waals surface area contributed by atoms with E-state index < -0.39 is 6.10 Å². The molecule has 1 unspecified atom stereocenters. The van der Waals surface area contributed by atoms with Crippen molar-refractivity contribution in [1.29, 1.82) is 0 Å². The molecule has 1 N–H and O–H groups in total. The molecule has 3 rings (SSSR count). The first-order chi connectivity index (χ1) is 9.28. The maximum atomic E-state index is 10.4. The molecule has 19 heavy (non-hydrogen) atoms. The molecule has 2 nitrogen and oxygen atoms in total. The van der Waals surface area contributed by atoms with Crippen LogP contribution in [0.1, 0.15) is 16.5 Å². The first kappa shape index (κ1) is 12.7. The number of aliphatic hydroxyl groups is 1. The van der Waals surface area contributed by atoms with E-state index >= 15 is 0 Å². The maximum Gasteiger partial charge on any atom is 0.122 e. The lowest BCUT2D eigenvalue weighted by Crippen LogP contribution is -2.01. The van der Waals surface area contributed by atoms with E-state index in [9.17, 15) is 5.11 Å². The van der Waals surface area contributed by atoms with Gasteiger partial charge < -0.3 is 9.84 Å². The van der Waals surface area contributed by atoms with Crippen LogP contribution >= 0.6 is 22.7 Å². The van der Waals surface area contributed by atoms with Crippen molar-refractivity contribution in [2.45, 2.75) is 12.5 Å². The lowest BCUT2D eigenvalue weighted by Gasteiger charge is -2.11. The Bertz CT molecular complexity index is 656. The summed E-state index contributed by atoms with van der Waals surface area (Å²) >= 11 is 3.38. The molecule has 1 aromatic carbocycles. The first-order valence-corrected chi connectivity index (χ1v) is 7.74. The number of hydrogen-bond acceptors (Lipinski definition) is 4. The summed E-state index contributed by atoms with van der Waals surface area (Å²) < 4.78 is 7.82. The van der Waals surface area contributed by atoms with Crippen molar-refractivity contribution in [2.75, 3.05) is 7.11 Å². The molecule has 0 fully saturated rings. The minimum absolute atomic E-state index is 0.471. The number of rotatable bonds is 4.